The molecule has 0 amide bonds. The first-order chi connectivity index (χ1) is 13.8. The third kappa shape index (κ3) is 3.70. The van der Waals surface area contributed by atoms with Crippen LogP contribution >= 0.6 is 0 Å². The maximum atomic E-state index is 12.1. The number of benzene rings is 1. The molecule has 6 nitrogen and oxygen atoms in total. The lowest BCUT2D eigenvalue weighted by atomic mass is 9.56. The molecule has 2 N–H and O–H groups in total. The molecule has 5 atom stereocenters. The van der Waals surface area contributed by atoms with Crippen molar-refractivity contribution >= 4 is 17.7 Å². The van der Waals surface area contributed by atoms with Gasteiger partial charge in [-0.3, -0.25) is 9.79 Å². The molecular formula is C23H29NO5. The third-order valence-corrected chi connectivity index (χ3v) is 7.50. The summed E-state index contributed by atoms with van der Waals surface area (Å²) in [6.07, 6.45) is 5.70. The van der Waals surface area contributed by atoms with E-state index in [-0.39, 0.29) is 23.7 Å². The minimum atomic E-state index is -1.21. The van der Waals surface area contributed by atoms with Gasteiger partial charge in [0.15, 0.2) is 0 Å². The molecule has 6 heteroatoms. The minimum absolute atomic E-state index is 0.158. The molecule has 3 aliphatic carbocycles. The van der Waals surface area contributed by atoms with Crippen LogP contribution in [0.4, 0.5) is 0 Å². The SMILES string of the molecule is CN=C(CC(=O)Oc1ccc2c(c1)CC[C@@H]1[C@@H]2CC[C@]2(C)C[C@H](O)C[C@@H]12)C(=O)O. The number of aliphatic hydroxyl groups is 1. The van der Waals surface area contributed by atoms with Gasteiger partial charge in [-0.25, -0.2) is 4.79 Å². The number of aliphatic hydroxyl groups excluding tert-OH is 1. The normalized spacial score (nSPS) is 33.4. The summed E-state index contributed by atoms with van der Waals surface area (Å²) in [5.74, 6) is 0.357. The van der Waals surface area contributed by atoms with Gasteiger partial charge in [0.1, 0.15) is 11.5 Å². The average molecular weight is 399 g/mol. The predicted octanol–water partition coefficient (Wildman–Crippen LogP) is 3.35. The standard InChI is InChI=1S/C23H29NO5/c1-23-8-7-17-16-6-4-15(29-21(26)11-20(24-2)22(27)28)9-13(16)3-5-18(17)19(23)10-14(25)12-23/h4,6,9,14,17-19,25H,3,5,7-8,10-12H2,1-2H3,(H,27,28)/t14-,17-,18-,19+,23-/m1/s1. The lowest BCUT2D eigenvalue weighted by Gasteiger charge is -2.49. The summed E-state index contributed by atoms with van der Waals surface area (Å²) in [4.78, 5) is 26.7. The van der Waals surface area contributed by atoms with E-state index in [0.29, 0.717) is 23.5 Å². The molecule has 0 spiro atoms. The zero-order chi connectivity index (χ0) is 20.8. The summed E-state index contributed by atoms with van der Waals surface area (Å²) >= 11 is 0. The van der Waals surface area contributed by atoms with Crippen molar-refractivity contribution in [3.63, 3.8) is 0 Å². The fourth-order valence-electron chi connectivity index (χ4n) is 6.20. The second-order valence-corrected chi connectivity index (χ2v) is 9.19. The number of carbonyl (C=O) groups excluding carboxylic acids is 1. The molecule has 4 rings (SSSR count). The Morgan fingerprint density at radius 1 is 1.31 bits per heavy atom. The molecule has 1 aromatic rings. The van der Waals surface area contributed by atoms with E-state index < -0.39 is 11.9 Å². The quantitative estimate of drug-likeness (QED) is 0.460. The van der Waals surface area contributed by atoms with Gasteiger partial charge < -0.3 is 14.9 Å². The van der Waals surface area contributed by atoms with Gasteiger partial charge >= 0.3 is 11.9 Å². The minimum Gasteiger partial charge on any atom is -0.477 e. The summed E-state index contributed by atoms with van der Waals surface area (Å²) in [7, 11) is 1.35. The maximum Gasteiger partial charge on any atom is 0.350 e. The lowest BCUT2D eigenvalue weighted by Crippen LogP contribution is -2.39. The predicted molar refractivity (Wildman–Crippen MR) is 108 cm³/mol. The first-order valence-electron chi connectivity index (χ1n) is 10.5. The van der Waals surface area contributed by atoms with Gasteiger partial charge in [-0.15, -0.1) is 0 Å². The number of hydrogen-bond donors (Lipinski definition) is 2. The van der Waals surface area contributed by atoms with Crippen molar-refractivity contribution in [3.05, 3.63) is 29.3 Å². The molecule has 156 valence electrons. The largest absolute Gasteiger partial charge is 0.477 e. The fraction of sp³-hybridized carbons (Fsp3) is 0.609. The summed E-state index contributed by atoms with van der Waals surface area (Å²) in [5, 5.41) is 19.3. The number of nitrogens with zero attached hydrogens (tertiary/aromatic N) is 1. The first kappa shape index (κ1) is 20.1. The van der Waals surface area contributed by atoms with E-state index in [1.807, 2.05) is 12.1 Å². The molecule has 29 heavy (non-hydrogen) atoms. The highest BCUT2D eigenvalue weighted by atomic mass is 16.5. The molecule has 0 radical (unpaired) electrons. The molecule has 0 aromatic heterocycles. The summed E-state index contributed by atoms with van der Waals surface area (Å²) < 4.78 is 5.38. The first-order valence-corrected chi connectivity index (χ1v) is 10.5. The van der Waals surface area contributed by atoms with Gasteiger partial charge in [0, 0.05) is 7.05 Å². The zero-order valence-corrected chi connectivity index (χ0v) is 17.1. The van der Waals surface area contributed by atoms with Crippen molar-refractivity contribution in [1.82, 2.24) is 0 Å². The van der Waals surface area contributed by atoms with Crippen LogP contribution in [0, 0.1) is 17.3 Å². The Balaban J connectivity index is 1.49. The van der Waals surface area contributed by atoms with Gasteiger partial charge in [-0.1, -0.05) is 13.0 Å². The Labute approximate surface area is 171 Å². The number of esters is 1. The second-order valence-electron chi connectivity index (χ2n) is 9.19. The molecule has 2 saturated carbocycles. The number of fused-ring (bicyclic) bond motifs is 5. The molecule has 3 aliphatic rings. The van der Waals surface area contributed by atoms with E-state index in [2.05, 4.69) is 18.0 Å². The molecule has 0 saturated heterocycles. The van der Waals surface area contributed by atoms with Crippen molar-refractivity contribution in [3.8, 4) is 5.75 Å². The smallest absolute Gasteiger partial charge is 0.350 e. The molecule has 2 fully saturated rings. The third-order valence-electron chi connectivity index (χ3n) is 7.50. The monoisotopic (exact) mass is 399 g/mol. The van der Waals surface area contributed by atoms with Crippen LogP contribution < -0.4 is 4.74 Å². The van der Waals surface area contributed by atoms with Crippen LogP contribution in [0.3, 0.4) is 0 Å². The summed E-state index contributed by atoms with van der Waals surface area (Å²) in [6.45, 7) is 2.35. The van der Waals surface area contributed by atoms with Crippen LogP contribution in [0.1, 0.15) is 62.5 Å². The fourth-order valence-corrected chi connectivity index (χ4v) is 6.20. The Bertz CT molecular complexity index is 863. The number of ether oxygens (including phenoxy) is 1. The number of carboxylic acid groups (broad SMARTS) is 1. The van der Waals surface area contributed by atoms with E-state index in [1.165, 1.54) is 18.2 Å². The van der Waals surface area contributed by atoms with E-state index in [1.54, 1.807) is 0 Å². The average Bonchev–Trinajstić information content (AvgIpc) is 2.99. The lowest BCUT2D eigenvalue weighted by molar-refractivity contribution is -0.135. The van der Waals surface area contributed by atoms with E-state index >= 15 is 0 Å². The van der Waals surface area contributed by atoms with E-state index in [9.17, 15) is 14.7 Å². The molecule has 0 aliphatic heterocycles. The van der Waals surface area contributed by atoms with Gasteiger partial charge in [0.05, 0.1) is 12.5 Å². The van der Waals surface area contributed by atoms with Crippen LogP contribution in [-0.2, 0) is 16.0 Å². The number of aliphatic imine (C=N–C) groups is 1. The summed E-state index contributed by atoms with van der Waals surface area (Å²) in [5.41, 5.74) is 2.64. The van der Waals surface area contributed by atoms with Gasteiger partial charge in [0.25, 0.3) is 0 Å². The molecule has 0 bridgehead atoms. The number of aliphatic carboxylic acids is 1. The van der Waals surface area contributed by atoms with Crippen LogP contribution in [0.2, 0.25) is 0 Å². The van der Waals surface area contributed by atoms with Crippen LogP contribution in [0.15, 0.2) is 23.2 Å². The van der Waals surface area contributed by atoms with E-state index in [4.69, 9.17) is 9.84 Å². The molecule has 1 aromatic carbocycles. The number of hydrogen-bond acceptors (Lipinski definition) is 5. The molecule has 0 unspecified atom stereocenters. The second kappa shape index (κ2) is 7.56. The van der Waals surface area contributed by atoms with Gasteiger partial charge in [-0.05, 0) is 85.0 Å². The molecule has 0 heterocycles. The Hall–Kier alpha value is -2.21. The number of carbonyl (C=O) groups is 2. The van der Waals surface area contributed by atoms with Crippen molar-refractivity contribution in [2.24, 2.45) is 22.2 Å². The number of aryl methyl sites for hydroxylation is 1. The van der Waals surface area contributed by atoms with Gasteiger partial charge in [0.2, 0.25) is 0 Å². The zero-order valence-electron chi connectivity index (χ0n) is 17.1. The topological polar surface area (TPSA) is 96.2 Å². The highest BCUT2D eigenvalue weighted by molar-refractivity contribution is 6.38. The van der Waals surface area contributed by atoms with Crippen LogP contribution in [-0.4, -0.2) is 41.0 Å². The number of carboxylic acids is 1. The van der Waals surface area contributed by atoms with Crippen molar-refractivity contribution in [2.75, 3.05) is 7.05 Å². The highest BCUT2D eigenvalue weighted by Crippen LogP contribution is 2.60. The van der Waals surface area contributed by atoms with Crippen molar-refractivity contribution in [2.45, 2.75) is 63.9 Å². The Kier molecular flexibility index (Phi) is 5.23. The Morgan fingerprint density at radius 2 is 2.10 bits per heavy atom. The van der Waals surface area contributed by atoms with Crippen molar-refractivity contribution in [1.29, 1.82) is 0 Å². The summed E-state index contributed by atoms with van der Waals surface area (Å²) in [6, 6.07) is 5.83. The van der Waals surface area contributed by atoms with Crippen LogP contribution in [0.5, 0.6) is 5.75 Å². The molecular weight excluding hydrogens is 370 g/mol. The highest BCUT2D eigenvalue weighted by Gasteiger charge is 2.52. The maximum absolute atomic E-state index is 12.1. The number of rotatable bonds is 4. The van der Waals surface area contributed by atoms with E-state index in [0.717, 1.165) is 38.5 Å². The van der Waals surface area contributed by atoms with Gasteiger partial charge in [-0.2, -0.15) is 0 Å². The van der Waals surface area contributed by atoms with Crippen molar-refractivity contribution < 1.29 is 24.5 Å². The Morgan fingerprint density at radius 3 is 2.83 bits per heavy atom. The van der Waals surface area contributed by atoms with Crippen LogP contribution in [0.25, 0.3) is 0 Å².